The molecule has 1 rings (SSSR count). The van der Waals surface area contributed by atoms with Crippen molar-refractivity contribution in [3.8, 4) is 6.07 Å². The highest BCUT2D eigenvalue weighted by molar-refractivity contribution is 5.85. The summed E-state index contributed by atoms with van der Waals surface area (Å²) < 4.78 is 1.68. The van der Waals surface area contributed by atoms with Crippen molar-refractivity contribution in [2.75, 3.05) is 0 Å². The van der Waals surface area contributed by atoms with Crippen LogP contribution in [0.4, 0.5) is 0 Å². The van der Waals surface area contributed by atoms with Crippen molar-refractivity contribution in [1.29, 1.82) is 5.26 Å². The fourth-order valence-corrected chi connectivity index (χ4v) is 1.68. The SMILES string of the molecule is CCC(C#N)(CC)C(=O)NCc1ccn(C)n1. The van der Waals surface area contributed by atoms with Crippen molar-refractivity contribution in [2.45, 2.75) is 33.2 Å². The highest BCUT2D eigenvalue weighted by atomic mass is 16.2. The van der Waals surface area contributed by atoms with E-state index in [0.717, 1.165) is 5.69 Å². The lowest BCUT2D eigenvalue weighted by Crippen LogP contribution is -2.39. The van der Waals surface area contributed by atoms with Crippen molar-refractivity contribution in [1.82, 2.24) is 15.1 Å². The van der Waals surface area contributed by atoms with E-state index in [1.807, 2.05) is 33.2 Å². The van der Waals surface area contributed by atoms with Crippen LogP contribution in [0.1, 0.15) is 32.4 Å². The number of carbonyl (C=O) groups excluding carboxylic acids is 1. The standard InChI is InChI=1S/C12H18N4O/c1-4-12(5-2,9-13)11(17)14-8-10-6-7-16(3)15-10/h6-7H,4-5,8H2,1-3H3,(H,14,17). The molecule has 0 saturated heterocycles. The summed E-state index contributed by atoms with van der Waals surface area (Å²) in [6.07, 6.45) is 2.86. The molecule has 0 aliphatic carbocycles. The number of nitrogens with one attached hydrogen (secondary N) is 1. The van der Waals surface area contributed by atoms with Crippen LogP contribution in [0.5, 0.6) is 0 Å². The molecule has 1 heterocycles. The number of carbonyl (C=O) groups is 1. The van der Waals surface area contributed by atoms with Gasteiger partial charge in [-0.1, -0.05) is 13.8 Å². The van der Waals surface area contributed by atoms with Crippen molar-refractivity contribution in [2.24, 2.45) is 12.5 Å². The number of rotatable bonds is 5. The molecule has 17 heavy (non-hydrogen) atoms. The van der Waals surface area contributed by atoms with Gasteiger partial charge in [-0.3, -0.25) is 9.48 Å². The van der Waals surface area contributed by atoms with Gasteiger partial charge in [-0.15, -0.1) is 0 Å². The fraction of sp³-hybridized carbons (Fsp3) is 0.583. The molecular weight excluding hydrogens is 216 g/mol. The molecule has 0 aromatic carbocycles. The zero-order valence-corrected chi connectivity index (χ0v) is 10.5. The van der Waals surface area contributed by atoms with Gasteiger partial charge >= 0.3 is 0 Å². The largest absolute Gasteiger partial charge is 0.349 e. The zero-order chi connectivity index (χ0) is 12.9. The summed E-state index contributed by atoms with van der Waals surface area (Å²) in [4.78, 5) is 12.0. The number of aryl methyl sites for hydroxylation is 1. The maximum atomic E-state index is 12.0. The van der Waals surface area contributed by atoms with E-state index in [4.69, 9.17) is 5.26 Å². The van der Waals surface area contributed by atoms with Crippen LogP contribution in [0, 0.1) is 16.7 Å². The minimum absolute atomic E-state index is 0.212. The minimum Gasteiger partial charge on any atom is -0.349 e. The van der Waals surface area contributed by atoms with Gasteiger partial charge in [0.05, 0.1) is 18.3 Å². The Morgan fingerprint density at radius 1 is 1.59 bits per heavy atom. The molecule has 0 unspecified atom stereocenters. The predicted octanol–water partition coefficient (Wildman–Crippen LogP) is 1.37. The van der Waals surface area contributed by atoms with Crippen LogP contribution in [-0.4, -0.2) is 15.7 Å². The summed E-state index contributed by atoms with van der Waals surface area (Å²) in [5.74, 6) is -0.212. The van der Waals surface area contributed by atoms with Gasteiger partial charge in [0.25, 0.3) is 0 Å². The fourth-order valence-electron chi connectivity index (χ4n) is 1.68. The Hall–Kier alpha value is -1.83. The van der Waals surface area contributed by atoms with E-state index in [2.05, 4.69) is 16.5 Å². The molecule has 0 aliphatic rings. The van der Waals surface area contributed by atoms with Gasteiger partial charge in [-0.2, -0.15) is 10.4 Å². The number of nitriles is 1. The average Bonchev–Trinajstić information content (AvgIpc) is 2.75. The van der Waals surface area contributed by atoms with Crippen LogP contribution in [0.2, 0.25) is 0 Å². The number of amides is 1. The van der Waals surface area contributed by atoms with Crippen LogP contribution < -0.4 is 5.32 Å². The Morgan fingerprint density at radius 3 is 2.65 bits per heavy atom. The molecule has 0 spiro atoms. The van der Waals surface area contributed by atoms with Gasteiger partial charge in [-0.05, 0) is 18.9 Å². The monoisotopic (exact) mass is 234 g/mol. The normalized spacial score (nSPS) is 10.9. The maximum Gasteiger partial charge on any atom is 0.240 e. The minimum atomic E-state index is -0.908. The van der Waals surface area contributed by atoms with E-state index >= 15 is 0 Å². The highest BCUT2D eigenvalue weighted by Crippen LogP contribution is 2.25. The predicted molar refractivity (Wildman–Crippen MR) is 63.7 cm³/mol. The lowest BCUT2D eigenvalue weighted by atomic mass is 9.83. The molecule has 92 valence electrons. The van der Waals surface area contributed by atoms with Crippen LogP contribution in [0.25, 0.3) is 0 Å². The molecule has 1 N–H and O–H groups in total. The molecule has 0 atom stereocenters. The second-order valence-corrected chi connectivity index (χ2v) is 4.06. The van der Waals surface area contributed by atoms with E-state index < -0.39 is 5.41 Å². The molecular formula is C12H18N4O. The zero-order valence-electron chi connectivity index (χ0n) is 10.5. The molecule has 1 aromatic rings. The average molecular weight is 234 g/mol. The van der Waals surface area contributed by atoms with Crippen molar-refractivity contribution < 1.29 is 4.79 Å². The van der Waals surface area contributed by atoms with Gasteiger partial charge in [0.2, 0.25) is 5.91 Å². The van der Waals surface area contributed by atoms with E-state index in [9.17, 15) is 4.79 Å². The Balaban J connectivity index is 2.63. The summed E-state index contributed by atoms with van der Waals surface area (Å²) in [6.45, 7) is 4.07. The highest BCUT2D eigenvalue weighted by Gasteiger charge is 2.34. The summed E-state index contributed by atoms with van der Waals surface area (Å²) >= 11 is 0. The molecule has 0 aliphatic heterocycles. The Labute approximate surface area is 101 Å². The molecule has 1 aromatic heterocycles. The van der Waals surface area contributed by atoms with E-state index in [0.29, 0.717) is 19.4 Å². The first-order valence-electron chi connectivity index (χ1n) is 5.76. The van der Waals surface area contributed by atoms with E-state index in [1.165, 1.54) is 0 Å². The molecule has 0 fully saturated rings. The molecule has 1 amide bonds. The van der Waals surface area contributed by atoms with E-state index in [-0.39, 0.29) is 5.91 Å². The van der Waals surface area contributed by atoms with Gasteiger partial charge in [0.15, 0.2) is 0 Å². The summed E-state index contributed by atoms with van der Waals surface area (Å²) in [6, 6.07) is 3.96. The summed E-state index contributed by atoms with van der Waals surface area (Å²) in [7, 11) is 1.82. The van der Waals surface area contributed by atoms with Crippen molar-refractivity contribution in [3.05, 3.63) is 18.0 Å². The molecule has 0 radical (unpaired) electrons. The first-order chi connectivity index (χ1) is 8.07. The summed E-state index contributed by atoms with van der Waals surface area (Å²) in [5, 5.41) is 16.0. The van der Waals surface area contributed by atoms with Crippen LogP contribution in [0.3, 0.4) is 0 Å². The lowest BCUT2D eigenvalue weighted by molar-refractivity contribution is -0.128. The Morgan fingerprint density at radius 2 is 2.24 bits per heavy atom. The molecule has 0 bridgehead atoms. The maximum absolute atomic E-state index is 12.0. The topological polar surface area (TPSA) is 70.7 Å². The lowest BCUT2D eigenvalue weighted by Gasteiger charge is -2.21. The third-order valence-corrected chi connectivity index (χ3v) is 3.05. The number of nitrogens with zero attached hydrogens (tertiary/aromatic N) is 3. The van der Waals surface area contributed by atoms with Gasteiger partial charge in [-0.25, -0.2) is 0 Å². The quantitative estimate of drug-likeness (QED) is 0.836. The van der Waals surface area contributed by atoms with Gasteiger partial charge < -0.3 is 5.32 Å². The van der Waals surface area contributed by atoms with Crippen molar-refractivity contribution >= 4 is 5.91 Å². The Kier molecular flexibility index (Phi) is 4.27. The number of aromatic nitrogens is 2. The van der Waals surface area contributed by atoms with Gasteiger partial charge in [0.1, 0.15) is 5.41 Å². The number of hydrogen-bond donors (Lipinski definition) is 1. The molecule has 5 nitrogen and oxygen atoms in total. The summed E-state index contributed by atoms with van der Waals surface area (Å²) in [5.41, 5.74) is -0.116. The van der Waals surface area contributed by atoms with Crippen LogP contribution in [0.15, 0.2) is 12.3 Å². The van der Waals surface area contributed by atoms with Crippen molar-refractivity contribution in [3.63, 3.8) is 0 Å². The van der Waals surface area contributed by atoms with Gasteiger partial charge in [0, 0.05) is 13.2 Å². The molecule has 5 heteroatoms. The third-order valence-electron chi connectivity index (χ3n) is 3.05. The third kappa shape index (κ3) is 2.84. The number of hydrogen-bond acceptors (Lipinski definition) is 3. The first-order valence-corrected chi connectivity index (χ1v) is 5.76. The first kappa shape index (κ1) is 13.2. The second kappa shape index (κ2) is 5.48. The van der Waals surface area contributed by atoms with Crippen LogP contribution >= 0.6 is 0 Å². The second-order valence-electron chi connectivity index (χ2n) is 4.06. The van der Waals surface area contributed by atoms with Crippen LogP contribution in [-0.2, 0) is 18.4 Å². The van der Waals surface area contributed by atoms with E-state index in [1.54, 1.807) is 4.68 Å². The smallest absolute Gasteiger partial charge is 0.240 e. The molecule has 0 saturated carbocycles. The Bertz CT molecular complexity index is 426.